The lowest BCUT2D eigenvalue weighted by Crippen LogP contribution is -2.30. The van der Waals surface area contributed by atoms with E-state index in [0.29, 0.717) is 35.6 Å². The number of methoxy groups -OCH3 is 1. The van der Waals surface area contributed by atoms with Gasteiger partial charge in [-0.25, -0.2) is 14.6 Å². The van der Waals surface area contributed by atoms with E-state index in [4.69, 9.17) is 4.74 Å². The van der Waals surface area contributed by atoms with Gasteiger partial charge in [-0.3, -0.25) is 4.68 Å². The van der Waals surface area contributed by atoms with Crippen LogP contribution in [-0.2, 0) is 6.54 Å². The van der Waals surface area contributed by atoms with E-state index in [-0.39, 0.29) is 11.7 Å². The molecule has 2 aromatic heterocycles. The van der Waals surface area contributed by atoms with E-state index in [1.54, 1.807) is 12.1 Å². The summed E-state index contributed by atoms with van der Waals surface area (Å²) in [5, 5.41) is 9.79. The summed E-state index contributed by atoms with van der Waals surface area (Å²) in [7, 11) is 1.50. The van der Waals surface area contributed by atoms with Crippen LogP contribution in [-0.4, -0.2) is 44.4 Å². The maximum atomic E-state index is 12.1. The van der Waals surface area contributed by atoms with Gasteiger partial charge in [0.25, 0.3) is 0 Å². The lowest BCUT2D eigenvalue weighted by atomic mass is 10.2. The van der Waals surface area contributed by atoms with Crippen LogP contribution in [0.2, 0.25) is 0 Å². The molecule has 0 saturated carbocycles. The topological polar surface area (TPSA) is 130 Å². The Bertz CT molecular complexity index is 986. The molecule has 0 atom stereocenters. The number of carbonyl (C=O) groups is 1. The minimum atomic E-state index is -0.355. The van der Waals surface area contributed by atoms with Gasteiger partial charge < -0.3 is 25.3 Å². The van der Waals surface area contributed by atoms with Crippen LogP contribution < -0.4 is 21.1 Å². The van der Waals surface area contributed by atoms with E-state index in [1.807, 2.05) is 18.5 Å². The fourth-order valence-electron chi connectivity index (χ4n) is 2.70. The van der Waals surface area contributed by atoms with Crippen molar-refractivity contribution < 1.29 is 9.53 Å². The van der Waals surface area contributed by atoms with Crippen LogP contribution in [0.4, 0.5) is 10.5 Å². The zero-order valence-corrected chi connectivity index (χ0v) is 14.8. The first-order valence-corrected chi connectivity index (χ1v) is 8.19. The second kappa shape index (κ2) is 7.30. The first-order valence-electron chi connectivity index (χ1n) is 8.19. The molecule has 2 heterocycles. The number of hydrogen-bond donors (Lipinski definition) is 4. The quantitative estimate of drug-likeness (QED) is 0.493. The first kappa shape index (κ1) is 17.5. The molecule has 0 saturated heterocycles. The summed E-state index contributed by atoms with van der Waals surface area (Å²) in [5.41, 5.74) is 1.34. The Morgan fingerprint density at radius 3 is 2.65 bits per heavy atom. The van der Waals surface area contributed by atoms with E-state index in [9.17, 15) is 9.59 Å². The number of H-pyrrole nitrogens is 2. The summed E-state index contributed by atoms with van der Waals surface area (Å²) >= 11 is 0. The van der Waals surface area contributed by atoms with Crippen molar-refractivity contribution in [1.29, 1.82) is 0 Å². The number of aromatic amines is 2. The third-order valence-corrected chi connectivity index (χ3v) is 3.88. The van der Waals surface area contributed by atoms with Crippen molar-refractivity contribution in [2.24, 2.45) is 0 Å². The third-order valence-electron chi connectivity index (χ3n) is 3.88. The van der Waals surface area contributed by atoms with Gasteiger partial charge in [-0.15, -0.1) is 0 Å². The first-order chi connectivity index (χ1) is 12.5. The van der Waals surface area contributed by atoms with Gasteiger partial charge in [0, 0.05) is 19.2 Å². The molecule has 0 aliphatic carbocycles. The van der Waals surface area contributed by atoms with Gasteiger partial charge in [-0.05, 0) is 26.3 Å². The number of aryl methyl sites for hydroxylation is 3. The van der Waals surface area contributed by atoms with E-state index in [1.165, 1.54) is 7.11 Å². The van der Waals surface area contributed by atoms with Crippen molar-refractivity contribution in [2.45, 2.75) is 26.8 Å². The minimum absolute atomic E-state index is 0.317. The van der Waals surface area contributed by atoms with Crippen LogP contribution >= 0.6 is 0 Å². The zero-order chi connectivity index (χ0) is 18.7. The summed E-state index contributed by atoms with van der Waals surface area (Å²) in [6.45, 7) is 4.90. The Kier molecular flexibility index (Phi) is 4.92. The maximum absolute atomic E-state index is 12.1. The largest absolute Gasteiger partial charge is 0.494 e. The van der Waals surface area contributed by atoms with Gasteiger partial charge in [0.15, 0.2) is 0 Å². The Balaban J connectivity index is 1.56. The van der Waals surface area contributed by atoms with E-state index in [2.05, 4.69) is 30.7 Å². The monoisotopic (exact) mass is 359 g/mol. The van der Waals surface area contributed by atoms with E-state index in [0.717, 1.165) is 18.1 Å². The average molecular weight is 359 g/mol. The molecule has 2 amide bonds. The summed E-state index contributed by atoms with van der Waals surface area (Å²) < 4.78 is 7.08. The van der Waals surface area contributed by atoms with Gasteiger partial charge in [0.2, 0.25) is 0 Å². The number of carbonyl (C=O) groups excluding carboxylic acids is 1. The molecular weight excluding hydrogens is 338 g/mol. The maximum Gasteiger partial charge on any atom is 0.323 e. The van der Waals surface area contributed by atoms with Crippen LogP contribution in [0.3, 0.4) is 0 Å². The summed E-state index contributed by atoms with van der Waals surface area (Å²) in [5.74, 6) is 2.04. The van der Waals surface area contributed by atoms with Crippen LogP contribution in [0.15, 0.2) is 16.9 Å². The number of hydrogen-bond acceptors (Lipinski definition) is 5. The van der Waals surface area contributed by atoms with Crippen molar-refractivity contribution in [3.8, 4) is 5.75 Å². The molecule has 0 unspecified atom stereocenters. The fraction of sp³-hybridized carbons (Fsp3) is 0.375. The SMILES string of the molecule is COc1cc2[nH]c(=O)[nH]c2cc1NC(=O)NCCCn1nc(C)nc1C. The molecule has 0 bridgehead atoms. The molecule has 3 aromatic rings. The average Bonchev–Trinajstić information content (AvgIpc) is 3.10. The number of benzene rings is 1. The molecular formula is C16H21N7O3. The highest BCUT2D eigenvalue weighted by atomic mass is 16.5. The molecule has 0 aliphatic rings. The smallest absolute Gasteiger partial charge is 0.323 e. The highest BCUT2D eigenvalue weighted by molar-refractivity contribution is 5.94. The van der Waals surface area contributed by atoms with Gasteiger partial charge in [0.05, 0.1) is 23.8 Å². The fourth-order valence-corrected chi connectivity index (χ4v) is 2.70. The van der Waals surface area contributed by atoms with Crippen molar-refractivity contribution in [3.05, 3.63) is 34.3 Å². The van der Waals surface area contributed by atoms with Gasteiger partial charge in [0.1, 0.15) is 17.4 Å². The number of ether oxygens (including phenoxy) is 1. The molecule has 4 N–H and O–H groups in total. The Morgan fingerprint density at radius 2 is 2.00 bits per heavy atom. The molecule has 0 fully saturated rings. The van der Waals surface area contributed by atoms with Crippen molar-refractivity contribution in [1.82, 2.24) is 30.0 Å². The van der Waals surface area contributed by atoms with Crippen LogP contribution in [0.5, 0.6) is 5.75 Å². The lowest BCUT2D eigenvalue weighted by molar-refractivity contribution is 0.251. The summed E-state index contributed by atoms with van der Waals surface area (Å²) in [6, 6.07) is 2.94. The standard InChI is InChI=1S/C16H21N7O3/c1-9-18-10(2)23(22-9)6-4-5-17-15(24)21-13-7-11-12(8-14(13)26-3)20-16(25)19-11/h7-8H,4-6H2,1-3H3,(H2,17,21,24)(H2,19,20,25). The molecule has 3 rings (SSSR count). The number of nitrogens with one attached hydrogen (secondary N) is 4. The molecule has 138 valence electrons. The third kappa shape index (κ3) is 3.85. The Hall–Kier alpha value is -3.30. The number of imidazole rings is 1. The summed E-state index contributed by atoms with van der Waals surface area (Å²) in [4.78, 5) is 33.0. The van der Waals surface area contributed by atoms with Gasteiger partial charge in [-0.1, -0.05) is 0 Å². The highest BCUT2D eigenvalue weighted by Gasteiger charge is 2.11. The predicted molar refractivity (Wildman–Crippen MR) is 96.6 cm³/mol. The number of nitrogens with zero attached hydrogens (tertiary/aromatic N) is 3. The van der Waals surface area contributed by atoms with E-state index < -0.39 is 0 Å². The predicted octanol–water partition coefficient (Wildman–Crippen LogP) is 1.28. The van der Waals surface area contributed by atoms with Gasteiger partial charge in [-0.2, -0.15) is 5.10 Å². The van der Waals surface area contributed by atoms with Crippen LogP contribution in [0.1, 0.15) is 18.1 Å². The lowest BCUT2D eigenvalue weighted by Gasteiger charge is -2.11. The molecule has 0 aliphatic heterocycles. The highest BCUT2D eigenvalue weighted by Crippen LogP contribution is 2.28. The number of anilines is 1. The molecule has 1 aromatic carbocycles. The normalized spacial score (nSPS) is 10.9. The number of urea groups is 1. The summed E-state index contributed by atoms with van der Waals surface area (Å²) in [6.07, 6.45) is 0.721. The Labute approximate surface area is 149 Å². The number of amides is 2. The number of fused-ring (bicyclic) bond motifs is 1. The molecule has 26 heavy (non-hydrogen) atoms. The van der Waals surface area contributed by atoms with Gasteiger partial charge >= 0.3 is 11.7 Å². The Morgan fingerprint density at radius 1 is 1.27 bits per heavy atom. The molecule has 0 spiro atoms. The van der Waals surface area contributed by atoms with Crippen molar-refractivity contribution >= 4 is 22.8 Å². The second-order valence-electron chi connectivity index (χ2n) is 5.84. The van der Waals surface area contributed by atoms with Crippen molar-refractivity contribution in [3.63, 3.8) is 0 Å². The van der Waals surface area contributed by atoms with Crippen LogP contribution in [0, 0.1) is 13.8 Å². The number of rotatable bonds is 6. The number of aromatic nitrogens is 5. The minimum Gasteiger partial charge on any atom is -0.494 e. The van der Waals surface area contributed by atoms with Crippen LogP contribution in [0.25, 0.3) is 11.0 Å². The molecule has 0 radical (unpaired) electrons. The zero-order valence-electron chi connectivity index (χ0n) is 14.8. The second-order valence-corrected chi connectivity index (χ2v) is 5.84. The van der Waals surface area contributed by atoms with Crippen molar-refractivity contribution in [2.75, 3.05) is 19.0 Å². The molecule has 10 heteroatoms. The van der Waals surface area contributed by atoms with E-state index >= 15 is 0 Å². The molecule has 10 nitrogen and oxygen atoms in total.